The number of hydrogen-bond acceptors (Lipinski definition) is 4. The van der Waals surface area contributed by atoms with E-state index in [1.807, 2.05) is 41.7 Å². The fraction of sp³-hybridized carbons (Fsp3) is 0.905. The normalized spacial score (nSPS) is 16.2. The van der Waals surface area contributed by atoms with Crippen LogP contribution in [0.25, 0.3) is 0 Å². The topological polar surface area (TPSA) is 66.4 Å². The molecule has 1 rings (SSSR count). The highest BCUT2D eigenvalue weighted by molar-refractivity contribution is 5.79. The molecular weight excluding hydrogens is 356 g/mol. The monoisotopic (exact) mass is 398 g/mol. The van der Waals surface area contributed by atoms with Gasteiger partial charge in [-0.15, -0.1) is 0 Å². The zero-order chi connectivity index (χ0) is 21.2. The zero-order valence-corrected chi connectivity index (χ0v) is 19.1. The molecule has 0 unspecified atom stereocenters. The van der Waals surface area contributed by atoms with Crippen molar-refractivity contribution in [2.45, 2.75) is 71.9 Å². The second-order valence-electron chi connectivity index (χ2n) is 8.86. The summed E-state index contributed by atoms with van der Waals surface area (Å²) in [5.74, 6) is 1.66. The van der Waals surface area contributed by atoms with E-state index < -0.39 is 5.60 Å². The van der Waals surface area contributed by atoms with Crippen molar-refractivity contribution in [2.24, 2.45) is 10.9 Å². The van der Waals surface area contributed by atoms with Crippen molar-refractivity contribution in [3.63, 3.8) is 0 Å². The minimum atomic E-state index is -0.475. The maximum Gasteiger partial charge on any atom is 0.410 e. The number of aliphatic imine (C=N–C) groups is 1. The molecule has 1 aliphatic heterocycles. The van der Waals surface area contributed by atoms with Gasteiger partial charge in [0.25, 0.3) is 0 Å². The maximum atomic E-state index is 12.4. The van der Waals surface area contributed by atoms with Gasteiger partial charge in [0.2, 0.25) is 0 Å². The lowest BCUT2D eigenvalue weighted by Crippen LogP contribution is -2.44. The van der Waals surface area contributed by atoms with Gasteiger partial charge in [-0.05, 0) is 66.2 Å². The van der Waals surface area contributed by atoms with Crippen LogP contribution in [0.3, 0.4) is 0 Å². The molecule has 1 N–H and O–H groups in total. The van der Waals surface area contributed by atoms with Gasteiger partial charge in [-0.1, -0.05) is 0 Å². The van der Waals surface area contributed by atoms with Crippen LogP contribution in [0.4, 0.5) is 4.79 Å². The second-order valence-corrected chi connectivity index (χ2v) is 8.86. The SMILES string of the molecule is CN=C(NCCCN(C(=O)OC(C)(C)C)C(C)C)N(C)CCC1CCOCC1. The second kappa shape index (κ2) is 12.1. The number of rotatable bonds is 8. The molecule has 28 heavy (non-hydrogen) atoms. The molecule has 0 aromatic rings. The van der Waals surface area contributed by atoms with Crippen molar-refractivity contribution in [1.29, 1.82) is 0 Å². The number of carbonyl (C=O) groups excluding carboxylic acids is 1. The van der Waals surface area contributed by atoms with Crippen molar-refractivity contribution in [3.05, 3.63) is 0 Å². The zero-order valence-electron chi connectivity index (χ0n) is 19.1. The van der Waals surface area contributed by atoms with Crippen molar-refractivity contribution in [3.8, 4) is 0 Å². The van der Waals surface area contributed by atoms with E-state index in [0.29, 0.717) is 6.54 Å². The van der Waals surface area contributed by atoms with Crippen molar-refractivity contribution >= 4 is 12.1 Å². The van der Waals surface area contributed by atoms with E-state index in [2.05, 4.69) is 22.3 Å². The van der Waals surface area contributed by atoms with Crippen LogP contribution < -0.4 is 5.32 Å². The van der Waals surface area contributed by atoms with Gasteiger partial charge in [-0.25, -0.2) is 4.79 Å². The Labute approximate surface area is 171 Å². The fourth-order valence-corrected chi connectivity index (χ4v) is 3.23. The predicted molar refractivity (Wildman–Crippen MR) is 115 cm³/mol. The summed E-state index contributed by atoms with van der Waals surface area (Å²) in [5.41, 5.74) is -0.475. The Hall–Kier alpha value is -1.50. The lowest BCUT2D eigenvalue weighted by molar-refractivity contribution is 0.0190. The highest BCUT2D eigenvalue weighted by Gasteiger charge is 2.23. The molecule has 1 aliphatic rings. The molecule has 0 spiro atoms. The lowest BCUT2D eigenvalue weighted by Gasteiger charge is -2.30. The Kier molecular flexibility index (Phi) is 10.6. The number of guanidine groups is 1. The van der Waals surface area contributed by atoms with Gasteiger partial charge in [0.1, 0.15) is 5.60 Å². The van der Waals surface area contributed by atoms with Crippen LogP contribution >= 0.6 is 0 Å². The van der Waals surface area contributed by atoms with Crippen molar-refractivity contribution in [1.82, 2.24) is 15.1 Å². The molecule has 0 atom stereocenters. The van der Waals surface area contributed by atoms with Crippen LogP contribution in [0, 0.1) is 5.92 Å². The summed E-state index contributed by atoms with van der Waals surface area (Å²) in [6.45, 7) is 13.9. The van der Waals surface area contributed by atoms with Gasteiger partial charge >= 0.3 is 6.09 Å². The summed E-state index contributed by atoms with van der Waals surface area (Å²) < 4.78 is 10.9. The third-order valence-electron chi connectivity index (χ3n) is 4.90. The maximum absolute atomic E-state index is 12.4. The summed E-state index contributed by atoms with van der Waals surface area (Å²) in [5, 5.41) is 3.41. The van der Waals surface area contributed by atoms with Crippen LogP contribution in [0.15, 0.2) is 4.99 Å². The van der Waals surface area contributed by atoms with E-state index in [-0.39, 0.29) is 12.1 Å². The Balaban J connectivity index is 2.36. The number of hydrogen-bond donors (Lipinski definition) is 1. The Morgan fingerprint density at radius 1 is 1.25 bits per heavy atom. The highest BCUT2D eigenvalue weighted by atomic mass is 16.6. The molecule has 1 amide bonds. The molecular formula is C21H42N4O3. The molecule has 164 valence electrons. The average molecular weight is 399 g/mol. The van der Waals surface area contributed by atoms with E-state index in [1.54, 1.807) is 4.90 Å². The number of nitrogens with one attached hydrogen (secondary N) is 1. The van der Waals surface area contributed by atoms with E-state index >= 15 is 0 Å². The summed E-state index contributed by atoms with van der Waals surface area (Å²) in [6.07, 6.45) is 4.08. The molecule has 0 saturated carbocycles. The largest absolute Gasteiger partial charge is 0.444 e. The highest BCUT2D eigenvalue weighted by Crippen LogP contribution is 2.18. The number of ether oxygens (including phenoxy) is 2. The standard InChI is InChI=1S/C21H42N4O3/c1-17(2)25(20(26)28-21(3,4)5)13-8-12-23-19(22-6)24(7)14-9-18-10-15-27-16-11-18/h17-18H,8-16H2,1-7H3,(H,22,23). The molecule has 7 nitrogen and oxygen atoms in total. The molecule has 0 bridgehead atoms. The summed E-state index contributed by atoms with van der Waals surface area (Å²) in [7, 11) is 3.89. The van der Waals surface area contributed by atoms with E-state index in [1.165, 1.54) is 6.42 Å². The van der Waals surface area contributed by atoms with E-state index in [9.17, 15) is 4.79 Å². The third kappa shape index (κ3) is 9.62. The van der Waals surface area contributed by atoms with Crippen LogP contribution in [-0.4, -0.2) is 80.4 Å². The molecule has 1 fully saturated rings. The van der Waals surface area contributed by atoms with Gasteiger partial charge in [0.05, 0.1) is 0 Å². The smallest absolute Gasteiger partial charge is 0.410 e. The van der Waals surface area contributed by atoms with Crippen molar-refractivity contribution in [2.75, 3.05) is 46.9 Å². The molecule has 0 aromatic carbocycles. The minimum absolute atomic E-state index is 0.108. The first kappa shape index (κ1) is 24.5. The van der Waals surface area contributed by atoms with E-state index in [0.717, 1.165) is 57.4 Å². The summed E-state index contributed by atoms with van der Waals surface area (Å²) in [6, 6.07) is 0.108. The first-order chi connectivity index (χ1) is 13.1. The first-order valence-corrected chi connectivity index (χ1v) is 10.6. The van der Waals surface area contributed by atoms with Gasteiger partial charge in [0.15, 0.2) is 5.96 Å². The van der Waals surface area contributed by atoms with Gasteiger partial charge < -0.3 is 24.6 Å². The first-order valence-electron chi connectivity index (χ1n) is 10.6. The van der Waals surface area contributed by atoms with Gasteiger partial charge in [0, 0.05) is 53.0 Å². The Bertz CT molecular complexity index is 483. The van der Waals surface area contributed by atoms with Crippen LogP contribution in [0.1, 0.15) is 60.3 Å². The minimum Gasteiger partial charge on any atom is -0.444 e. The number of amides is 1. The van der Waals surface area contributed by atoms with Crippen LogP contribution in [0.2, 0.25) is 0 Å². The molecule has 1 heterocycles. The Morgan fingerprint density at radius 3 is 2.43 bits per heavy atom. The summed E-state index contributed by atoms with van der Waals surface area (Å²) >= 11 is 0. The number of carbonyl (C=O) groups is 1. The third-order valence-corrected chi connectivity index (χ3v) is 4.90. The molecule has 1 saturated heterocycles. The van der Waals surface area contributed by atoms with Crippen LogP contribution in [0.5, 0.6) is 0 Å². The molecule has 0 aromatic heterocycles. The lowest BCUT2D eigenvalue weighted by atomic mass is 9.96. The molecule has 0 aliphatic carbocycles. The Morgan fingerprint density at radius 2 is 1.89 bits per heavy atom. The fourth-order valence-electron chi connectivity index (χ4n) is 3.23. The van der Waals surface area contributed by atoms with Crippen molar-refractivity contribution < 1.29 is 14.3 Å². The molecule has 7 heteroatoms. The number of nitrogens with zero attached hydrogens (tertiary/aromatic N) is 3. The van der Waals surface area contributed by atoms with Gasteiger partial charge in [-0.3, -0.25) is 4.99 Å². The van der Waals surface area contributed by atoms with Gasteiger partial charge in [-0.2, -0.15) is 0 Å². The average Bonchev–Trinajstić information content (AvgIpc) is 2.61. The molecule has 0 radical (unpaired) electrons. The summed E-state index contributed by atoms with van der Waals surface area (Å²) in [4.78, 5) is 20.7. The predicted octanol–water partition coefficient (Wildman–Crippen LogP) is 3.35. The quantitative estimate of drug-likeness (QED) is 0.386. The van der Waals surface area contributed by atoms with Crippen LogP contribution in [-0.2, 0) is 9.47 Å². The van der Waals surface area contributed by atoms with E-state index in [4.69, 9.17) is 9.47 Å².